The van der Waals surface area contributed by atoms with E-state index in [9.17, 15) is 9.59 Å². The molecule has 1 aliphatic heterocycles. The molecule has 0 fully saturated rings. The van der Waals surface area contributed by atoms with Gasteiger partial charge in [-0.25, -0.2) is 0 Å². The molecule has 126 valence electrons. The number of nitrogens with zero attached hydrogens (tertiary/aromatic N) is 1. The normalized spacial score (nSPS) is 16.8. The minimum atomic E-state index is -0.323. The van der Waals surface area contributed by atoms with Gasteiger partial charge < -0.3 is 9.88 Å². The Morgan fingerprint density at radius 2 is 1.92 bits per heavy atom. The average molecular weight is 332 g/mol. The van der Waals surface area contributed by atoms with Gasteiger partial charge in [-0.1, -0.05) is 42.5 Å². The van der Waals surface area contributed by atoms with Crippen molar-refractivity contribution in [2.24, 2.45) is 0 Å². The van der Waals surface area contributed by atoms with E-state index in [0.717, 1.165) is 17.5 Å². The smallest absolute Gasteiger partial charge is 0.257 e. The minimum Gasteiger partial charge on any atom is -0.345 e. The molecular weight excluding hydrogens is 312 g/mol. The van der Waals surface area contributed by atoms with Crippen molar-refractivity contribution in [3.8, 4) is 0 Å². The van der Waals surface area contributed by atoms with Gasteiger partial charge in [-0.05, 0) is 37.5 Å². The summed E-state index contributed by atoms with van der Waals surface area (Å²) in [6.45, 7) is 4.03. The molecule has 2 heterocycles. The first-order valence-electron chi connectivity index (χ1n) is 8.59. The fraction of sp³-hybridized carbons (Fsp3) is 0.238. The first-order valence-corrected chi connectivity index (χ1v) is 8.59. The van der Waals surface area contributed by atoms with E-state index < -0.39 is 0 Å². The third-order valence-corrected chi connectivity index (χ3v) is 5.02. The van der Waals surface area contributed by atoms with Gasteiger partial charge >= 0.3 is 0 Å². The average Bonchev–Trinajstić information content (AvgIpc) is 2.95. The van der Waals surface area contributed by atoms with Crippen LogP contribution in [0.5, 0.6) is 0 Å². The highest BCUT2D eigenvalue weighted by Crippen LogP contribution is 2.30. The minimum absolute atomic E-state index is 0.161. The van der Waals surface area contributed by atoms with Crippen molar-refractivity contribution in [3.05, 3.63) is 81.6 Å². The van der Waals surface area contributed by atoms with Crippen LogP contribution in [0.25, 0.3) is 10.9 Å². The zero-order valence-electron chi connectivity index (χ0n) is 14.3. The Hall–Kier alpha value is -2.88. The maximum absolute atomic E-state index is 12.9. The van der Waals surface area contributed by atoms with Crippen molar-refractivity contribution in [2.75, 3.05) is 0 Å². The molecule has 0 aliphatic carbocycles. The van der Waals surface area contributed by atoms with Crippen LogP contribution in [-0.2, 0) is 6.42 Å². The standard InChI is InChI=1S/C21H20N2O2/c1-13-11-16-9-6-10-17-19(16)23(13)12-18(20(17)24)21(25)22-14(2)15-7-4-3-5-8-15/h3-10,12-14H,11H2,1-2H3,(H,22,25)/t13-,14-/m1/s1. The summed E-state index contributed by atoms with van der Waals surface area (Å²) in [4.78, 5) is 25.6. The Bertz CT molecular complexity index is 1020. The van der Waals surface area contributed by atoms with Crippen molar-refractivity contribution < 1.29 is 4.79 Å². The molecule has 4 nitrogen and oxygen atoms in total. The predicted molar refractivity (Wildman–Crippen MR) is 98.9 cm³/mol. The Morgan fingerprint density at radius 1 is 1.16 bits per heavy atom. The Labute approximate surface area is 146 Å². The summed E-state index contributed by atoms with van der Waals surface area (Å²) in [6.07, 6.45) is 2.61. The van der Waals surface area contributed by atoms with Gasteiger partial charge in [0.2, 0.25) is 5.43 Å². The summed E-state index contributed by atoms with van der Waals surface area (Å²) in [7, 11) is 0. The lowest BCUT2D eigenvalue weighted by Crippen LogP contribution is -2.31. The quantitative estimate of drug-likeness (QED) is 0.796. The van der Waals surface area contributed by atoms with Crippen LogP contribution in [0.4, 0.5) is 0 Å². The molecular formula is C21H20N2O2. The van der Waals surface area contributed by atoms with Gasteiger partial charge in [0, 0.05) is 17.6 Å². The fourth-order valence-corrected chi connectivity index (χ4v) is 3.68. The summed E-state index contributed by atoms with van der Waals surface area (Å²) in [6, 6.07) is 15.6. The molecule has 1 amide bonds. The number of carbonyl (C=O) groups is 1. The van der Waals surface area contributed by atoms with E-state index in [4.69, 9.17) is 0 Å². The first kappa shape index (κ1) is 15.6. The number of benzene rings is 2. The highest BCUT2D eigenvalue weighted by atomic mass is 16.2. The van der Waals surface area contributed by atoms with E-state index >= 15 is 0 Å². The lowest BCUT2D eigenvalue weighted by atomic mass is 10.1. The number of hydrogen-bond acceptors (Lipinski definition) is 2. The second kappa shape index (κ2) is 5.88. The molecule has 4 heteroatoms. The van der Waals surface area contributed by atoms with Gasteiger partial charge in [-0.15, -0.1) is 0 Å². The maximum Gasteiger partial charge on any atom is 0.257 e. The van der Waals surface area contributed by atoms with Crippen LogP contribution in [-0.4, -0.2) is 10.5 Å². The molecule has 2 aromatic carbocycles. The molecule has 25 heavy (non-hydrogen) atoms. The molecule has 4 rings (SSSR count). The molecule has 1 aliphatic rings. The van der Waals surface area contributed by atoms with Gasteiger partial charge in [0.25, 0.3) is 5.91 Å². The number of para-hydroxylation sites is 1. The van der Waals surface area contributed by atoms with Crippen LogP contribution in [0.1, 0.15) is 47.4 Å². The third-order valence-electron chi connectivity index (χ3n) is 5.02. The number of aromatic nitrogens is 1. The topological polar surface area (TPSA) is 51.1 Å². The SMILES string of the molecule is C[C@@H]1Cc2cccc3c(=O)c(C(=O)N[C@H](C)c4ccccc4)cn1c23. The van der Waals surface area contributed by atoms with Gasteiger partial charge in [-0.2, -0.15) is 0 Å². The van der Waals surface area contributed by atoms with E-state index in [1.165, 1.54) is 5.56 Å². The van der Waals surface area contributed by atoms with Crippen LogP contribution in [0.2, 0.25) is 0 Å². The molecule has 0 saturated carbocycles. The van der Waals surface area contributed by atoms with E-state index in [1.807, 2.05) is 49.4 Å². The van der Waals surface area contributed by atoms with E-state index in [0.29, 0.717) is 5.39 Å². The molecule has 0 bridgehead atoms. The van der Waals surface area contributed by atoms with Crippen molar-refractivity contribution in [1.29, 1.82) is 0 Å². The lowest BCUT2D eigenvalue weighted by Gasteiger charge is -2.16. The van der Waals surface area contributed by atoms with Crippen LogP contribution in [0, 0.1) is 0 Å². The molecule has 0 saturated heterocycles. The van der Waals surface area contributed by atoms with E-state index in [2.05, 4.69) is 22.9 Å². The van der Waals surface area contributed by atoms with Crippen molar-refractivity contribution in [3.63, 3.8) is 0 Å². The lowest BCUT2D eigenvalue weighted by molar-refractivity contribution is 0.0938. The zero-order valence-corrected chi connectivity index (χ0v) is 14.3. The van der Waals surface area contributed by atoms with Gasteiger partial charge in [0.05, 0.1) is 11.6 Å². The zero-order chi connectivity index (χ0) is 17.6. The van der Waals surface area contributed by atoms with Gasteiger partial charge in [0.15, 0.2) is 0 Å². The van der Waals surface area contributed by atoms with Crippen LogP contribution in [0.3, 0.4) is 0 Å². The number of pyridine rings is 1. The number of amides is 1. The number of rotatable bonds is 3. The summed E-state index contributed by atoms with van der Waals surface area (Å²) in [5, 5.41) is 3.58. The summed E-state index contributed by atoms with van der Waals surface area (Å²) < 4.78 is 2.06. The molecule has 2 atom stereocenters. The number of nitrogens with one attached hydrogen (secondary N) is 1. The van der Waals surface area contributed by atoms with Crippen LogP contribution >= 0.6 is 0 Å². The largest absolute Gasteiger partial charge is 0.345 e. The molecule has 1 N–H and O–H groups in total. The van der Waals surface area contributed by atoms with Crippen molar-refractivity contribution in [1.82, 2.24) is 9.88 Å². The van der Waals surface area contributed by atoms with Crippen LogP contribution < -0.4 is 10.7 Å². The molecule has 0 unspecified atom stereocenters. The Kier molecular flexibility index (Phi) is 3.68. The number of carbonyl (C=O) groups excluding carboxylic acids is 1. The molecule has 3 aromatic rings. The summed E-state index contributed by atoms with van der Waals surface area (Å²) in [5.74, 6) is -0.323. The van der Waals surface area contributed by atoms with E-state index in [-0.39, 0.29) is 29.0 Å². The third kappa shape index (κ3) is 2.54. The highest BCUT2D eigenvalue weighted by Gasteiger charge is 2.24. The maximum atomic E-state index is 12.9. The molecule has 0 spiro atoms. The van der Waals surface area contributed by atoms with Crippen molar-refractivity contribution >= 4 is 16.8 Å². The summed E-state index contributed by atoms with van der Waals surface area (Å²) in [5.41, 5.74) is 3.16. The molecule has 0 radical (unpaired) electrons. The van der Waals surface area contributed by atoms with E-state index in [1.54, 1.807) is 6.20 Å². The Morgan fingerprint density at radius 3 is 2.68 bits per heavy atom. The van der Waals surface area contributed by atoms with Crippen LogP contribution in [0.15, 0.2) is 59.5 Å². The highest BCUT2D eigenvalue weighted by molar-refractivity contribution is 5.98. The second-order valence-electron chi connectivity index (χ2n) is 6.75. The first-order chi connectivity index (χ1) is 12.1. The second-order valence-corrected chi connectivity index (χ2v) is 6.75. The molecule has 1 aromatic heterocycles. The monoisotopic (exact) mass is 332 g/mol. The predicted octanol–water partition coefficient (Wildman–Crippen LogP) is 3.61. The summed E-state index contributed by atoms with van der Waals surface area (Å²) >= 11 is 0. The van der Waals surface area contributed by atoms with Gasteiger partial charge in [-0.3, -0.25) is 9.59 Å². The number of hydrogen-bond donors (Lipinski definition) is 1. The van der Waals surface area contributed by atoms with Gasteiger partial charge in [0.1, 0.15) is 5.56 Å². The fourth-order valence-electron chi connectivity index (χ4n) is 3.68. The van der Waals surface area contributed by atoms with Crippen molar-refractivity contribution in [2.45, 2.75) is 32.4 Å². The Balaban J connectivity index is 1.74.